The monoisotopic (exact) mass is 271 g/mol. The standard InChI is InChI=1S/C12H21N3O4/c1-8(13-9(16)18-11(2,3)4)14-15-10(17)19-12(5,6)7/h1-7H3/b13-8-,15-14?. The number of carbonyl (C=O) groups is 2. The summed E-state index contributed by atoms with van der Waals surface area (Å²) in [6.07, 6.45) is -1.63. The molecule has 2 amide bonds. The Bertz CT molecular complexity index is 400. The van der Waals surface area contributed by atoms with Crippen LogP contribution in [0.4, 0.5) is 9.59 Å². The smallest absolute Gasteiger partial charge is 0.442 e. The molecule has 0 atom stereocenters. The minimum atomic E-state index is -0.841. The third-order valence-corrected chi connectivity index (χ3v) is 1.32. The highest BCUT2D eigenvalue weighted by atomic mass is 16.6. The Balaban J connectivity index is 4.48. The summed E-state index contributed by atoms with van der Waals surface area (Å²) in [6, 6.07) is 0. The number of aliphatic imine (C=N–C) groups is 1. The van der Waals surface area contributed by atoms with Crippen molar-refractivity contribution in [2.45, 2.75) is 59.7 Å². The number of amidine groups is 1. The van der Waals surface area contributed by atoms with Crippen molar-refractivity contribution in [3.8, 4) is 0 Å². The third kappa shape index (κ3) is 11.1. The molecule has 108 valence electrons. The lowest BCUT2D eigenvalue weighted by Gasteiger charge is -2.17. The van der Waals surface area contributed by atoms with E-state index in [-0.39, 0.29) is 5.84 Å². The SMILES string of the molecule is C/C(N=NC(=O)OC(C)(C)C)=N/C(=O)OC(C)(C)C. The van der Waals surface area contributed by atoms with Crippen LogP contribution in [0, 0.1) is 0 Å². The Morgan fingerprint density at radius 3 is 1.63 bits per heavy atom. The van der Waals surface area contributed by atoms with E-state index in [2.05, 4.69) is 15.2 Å². The molecule has 0 aliphatic carbocycles. The van der Waals surface area contributed by atoms with Crippen LogP contribution in [0.3, 0.4) is 0 Å². The predicted molar refractivity (Wildman–Crippen MR) is 70.4 cm³/mol. The Hall–Kier alpha value is -1.79. The van der Waals surface area contributed by atoms with Crippen LogP contribution in [0.2, 0.25) is 0 Å². The first-order valence-corrected chi connectivity index (χ1v) is 5.82. The molecular weight excluding hydrogens is 250 g/mol. The van der Waals surface area contributed by atoms with Gasteiger partial charge in [0.05, 0.1) is 0 Å². The number of amides is 2. The van der Waals surface area contributed by atoms with E-state index in [1.807, 2.05) is 0 Å². The lowest BCUT2D eigenvalue weighted by atomic mass is 10.2. The van der Waals surface area contributed by atoms with Gasteiger partial charge < -0.3 is 9.47 Å². The zero-order valence-corrected chi connectivity index (χ0v) is 12.5. The van der Waals surface area contributed by atoms with E-state index in [1.165, 1.54) is 6.92 Å². The Morgan fingerprint density at radius 1 is 0.789 bits per heavy atom. The second-order valence-electron chi connectivity index (χ2n) is 5.82. The highest BCUT2D eigenvalue weighted by molar-refractivity contribution is 5.91. The molecule has 0 fully saturated rings. The Labute approximate surface area is 113 Å². The molecule has 19 heavy (non-hydrogen) atoms. The van der Waals surface area contributed by atoms with E-state index >= 15 is 0 Å². The highest BCUT2D eigenvalue weighted by Gasteiger charge is 2.17. The van der Waals surface area contributed by atoms with Gasteiger partial charge in [0.2, 0.25) is 0 Å². The van der Waals surface area contributed by atoms with Crippen molar-refractivity contribution >= 4 is 18.0 Å². The minimum Gasteiger partial charge on any atom is -0.442 e. The van der Waals surface area contributed by atoms with Crippen molar-refractivity contribution in [3.05, 3.63) is 0 Å². The summed E-state index contributed by atoms with van der Waals surface area (Å²) in [5.41, 5.74) is -1.28. The van der Waals surface area contributed by atoms with E-state index < -0.39 is 23.4 Å². The van der Waals surface area contributed by atoms with Crippen LogP contribution in [0.1, 0.15) is 48.5 Å². The van der Waals surface area contributed by atoms with Crippen LogP contribution in [0.5, 0.6) is 0 Å². The maximum Gasteiger partial charge on any atom is 0.453 e. The maximum absolute atomic E-state index is 11.3. The van der Waals surface area contributed by atoms with E-state index in [0.717, 1.165) is 0 Å². The second kappa shape index (κ2) is 6.40. The molecule has 7 nitrogen and oxygen atoms in total. The molecule has 0 bridgehead atoms. The van der Waals surface area contributed by atoms with Gasteiger partial charge in [-0.1, -0.05) is 5.11 Å². The lowest BCUT2D eigenvalue weighted by Crippen LogP contribution is -2.22. The van der Waals surface area contributed by atoms with E-state index in [4.69, 9.17) is 9.47 Å². The molecule has 0 aromatic carbocycles. The van der Waals surface area contributed by atoms with Gasteiger partial charge in [-0.15, -0.1) is 5.11 Å². The summed E-state index contributed by atoms with van der Waals surface area (Å²) in [4.78, 5) is 26.1. The summed E-state index contributed by atoms with van der Waals surface area (Å²) < 4.78 is 9.85. The topological polar surface area (TPSA) is 89.7 Å². The van der Waals surface area contributed by atoms with Gasteiger partial charge in [-0.2, -0.15) is 4.99 Å². The molecule has 0 rings (SSSR count). The molecule has 7 heteroatoms. The molecule has 0 saturated heterocycles. The van der Waals surface area contributed by atoms with Gasteiger partial charge in [0.25, 0.3) is 0 Å². The lowest BCUT2D eigenvalue weighted by molar-refractivity contribution is 0.0580. The van der Waals surface area contributed by atoms with Crippen molar-refractivity contribution in [2.75, 3.05) is 0 Å². The number of azo groups is 1. The Kier molecular flexibility index (Phi) is 5.80. The number of carbonyl (C=O) groups excluding carboxylic acids is 2. The normalized spacial score (nSPS) is 13.5. The summed E-state index contributed by atoms with van der Waals surface area (Å²) in [5, 5.41) is 6.76. The fourth-order valence-corrected chi connectivity index (χ4v) is 0.835. The molecule has 0 radical (unpaired) electrons. The van der Waals surface area contributed by atoms with E-state index in [9.17, 15) is 9.59 Å². The van der Waals surface area contributed by atoms with Crippen LogP contribution in [0.25, 0.3) is 0 Å². The van der Waals surface area contributed by atoms with E-state index in [1.54, 1.807) is 41.5 Å². The zero-order chi connectivity index (χ0) is 15.3. The van der Waals surface area contributed by atoms with Gasteiger partial charge in [-0.05, 0) is 48.5 Å². The summed E-state index contributed by atoms with van der Waals surface area (Å²) in [7, 11) is 0. The number of rotatable bonds is 0. The average Bonchev–Trinajstić information content (AvgIpc) is 2.08. The van der Waals surface area contributed by atoms with Gasteiger partial charge in [-0.3, -0.25) is 0 Å². The fourth-order valence-electron chi connectivity index (χ4n) is 0.835. The summed E-state index contributed by atoms with van der Waals surface area (Å²) in [6.45, 7) is 11.7. The van der Waals surface area contributed by atoms with Crippen molar-refractivity contribution in [1.29, 1.82) is 0 Å². The van der Waals surface area contributed by atoms with Crippen LogP contribution in [0.15, 0.2) is 15.2 Å². The second-order valence-corrected chi connectivity index (χ2v) is 5.82. The molecule has 0 aromatic rings. The zero-order valence-electron chi connectivity index (χ0n) is 12.5. The fraction of sp³-hybridized carbons (Fsp3) is 0.750. The Morgan fingerprint density at radius 2 is 1.21 bits per heavy atom. The maximum atomic E-state index is 11.3. The first-order valence-electron chi connectivity index (χ1n) is 5.82. The van der Waals surface area contributed by atoms with Gasteiger partial charge in [-0.25, -0.2) is 9.59 Å². The summed E-state index contributed by atoms with van der Waals surface area (Å²) in [5.74, 6) is 0.0140. The third-order valence-electron chi connectivity index (χ3n) is 1.32. The summed E-state index contributed by atoms with van der Waals surface area (Å²) >= 11 is 0. The van der Waals surface area contributed by atoms with Gasteiger partial charge in [0.1, 0.15) is 11.2 Å². The number of ether oxygens (including phenoxy) is 2. The molecular formula is C12H21N3O4. The van der Waals surface area contributed by atoms with Crippen molar-refractivity contribution in [3.63, 3.8) is 0 Å². The first-order chi connectivity index (χ1) is 8.39. The number of hydrogen-bond donors (Lipinski definition) is 0. The quantitative estimate of drug-likeness (QED) is 0.381. The van der Waals surface area contributed by atoms with Crippen LogP contribution in [-0.2, 0) is 9.47 Å². The largest absolute Gasteiger partial charge is 0.453 e. The van der Waals surface area contributed by atoms with Crippen LogP contribution in [-0.4, -0.2) is 29.2 Å². The molecule has 0 N–H and O–H groups in total. The van der Waals surface area contributed by atoms with Gasteiger partial charge >= 0.3 is 12.2 Å². The van der Waals surface area contributed by atoms with Gasteiger partial charge in [0, 0.05) is 0 Å². The molecule has 0 aromatic heterocycles. The van der Waals surface area contributed by atoms with Crippen molar-refractivity contribution < 1.29 is 19.1 Å². The molecule has 0 aliphatic rings. The average molecular weight is 271 g/mol. The molecule has 0 spiro atoms. The van der Waals surface area contributed by atoms with Crippen LogP contribution < -0.4 is 0 Å². The first kappa shape index (κ1) is 17.2. The molecule has 0 unspecified atom stereocenters. The number of hydrogen-bond acceptors (Lipinski definition) is 4. The molecule has 0 aliphatic heterocycles. The van der Waals surface area contributed by atoms with E-state index in [0.29, 0.717) is 0 Å². The minimum absolute atomic E-state index is 0.0140. The van der Waals surface area contributed by atoms with Crippen molar-refractivity contribution in [1.82, 2.24) is 0 Å². The molecule has 0 saturated carbocycles. The van der Waals surface area contributed by atoms with Gasteiger partial charge in [0.15, 0.2) is 5.84 Å². The predicted octanol–water partition coefficient (Wildman–Crippen LogP) is 3.73. The van der Waals surface area contributed by atoms with Crippen LogP contribution >= 0.6 is 0 Å². The van der Waals surface area contributed by atoms with Crippen molar-refractivity contribution in [2.24, 2.45) is 15.2 Å². The highest BCUT2D eigenvalue weighted by Crippen LogP contribution is 2.09. The molecule has 0 heterocycles. The number of nitrogens with zero attached hydrogens (tertiary/aromatic N) is 3.